The minimum absolute atomic E-state index is 0.0105. The number of phenolic OH excluding ortho intramolecular Hbond substituents is 1. The van der Waals surface area contributed by atoms with Gasteiger partial charge in [-0.2, -0.15) is 0 Å². The molecule has 0 aliphatic heterocycles. The minimum Gasteiger partial charge on any atom is -0.508 e. The molecule has 1 aromatic rings. The number of carbonyl (C=O) groups is 1. The number of hydrogen-bond acceptors (Lipinski definition) is 4. The van der Waals surface area contributed by atoms with Crippen LogP contribution in [0.4, 0.5) is 0 Å². The van der Waals surface area contributed by atoms with Crippen molar-refractivity contribution < 1.29 is 19.4 Å². The zero-order chi connectivity index (χ0) is 11.4. The zero-order valence-corrected chi connectivity index (χ0v) is 9.03. The van der Waals surface area contributed by atoms with E-state index < -0.39 is 0 Å². The van der Waals surface area contributed by atoms with Crippen molar-refractivity contribution in [2.75, 3.05) is 14.2 Å². The lowest BCUT2D eigenvalue weighted by Crippen LogP contribution is -2.03. The van der Waals surface area contributed by atoms with E-state index in [9.17, 15) is 9.90 Å². The van der Waals surface area contributed by atoms with Crippen molar-refractivity contribution in [3.8, 4) is 17.2 Å². The van der Waals surface area contributed by atoms with Crippen molar-refractivity contribution in [2.45, 2.75) is 13.3 Å². The molecule has 0 atom stereocenters. The van der Waals surface area contributed by atoms with E-state index in [2.05, 4.69) is 0 Å². The van der Waals surface area contributed by atoms with E-state index in [1.807, 2.05) is 0 Å². The maximum absolute atomic E-state index is 11.6. The van der Waals surface area contributed by atoms with Crippen LogP contribution >= 0.6 is 0 Å². The molecule has 0 aliphatic carbocycles. The lowest BCUT2D eigenvalue weighted by atomic mass is 10.1. The highest BCUT2D eigenvalue weighted by atomic mass is 16.5. The summed E-state index contributed by atoms with van der Waals surface area (Å²) in [5.74, 6) is 0.595. The highest BCUT2D eigenvalue weighted by molar-refractivity contribution is 6.01. The number of methoxy groups -OCH3 is 2. The van der Waals surface area contributed by atoms with E-state index in [1.54, 1.807) is 6.92 Å². The molecule has 1 rings (SSSR count). The number of hydrogen-bond donors (Lipinski definition) is 1. The normalized spacial score (nSPS) is 9.80. The molecule has 0 aliphatic rings. The van der Waals surface area contributed by atoms with Crippen LogP contribution in [0.1, 0.15) is 23.7 Å². The van der Waals surface area contributed by atoms with E-state index in [4.69, 9.17) is 9.47 Å². The first-order valence-corrected chi connectivity index (χ1v) is 4.62. The van der Waals surface area contributed by atoms with Crippen LogP contribution in [0.15, 0.2) is 12.1 Å². The third-order valence-corrected chi connectivity index (χ3v) is 2.09. The molecule has 0 saturated carbocycles. The highest BCUT2D eigenvalue weighted by Crippen LogP contribution is 2.34. The largest absolute Gasteiger partial charge is 0.508 e. The monoisotopic (exact) mass is 210 g/mol. The topological polar surface area (TPSA) is 55.8 Å². The van der Waals surface area contributed by atoms with Crippen LogP contribution in [0, 0.1) is 0 Å². The number of aromatic hydroxyl groups is 1. The van der Waals surface area contributed by atoms with Gasteiger partial charge in [0.05, 0.1) is 14.2 Å². The number of Topliss-reactive ketones (excluding diaryl/α,β-unsaturated/α-hetero) is 1. The highest BCUT2D eigenvalue weighted by Gasteiger charge is 2.17. The van der Waals surface area contributed by atoms with Gasteiger partial charge in [0, 0.05) is 18.6 Å². The second-order valence-corrected chi connectivity index (χ2v) is 3.00. The fraction of sp³-hybridized carbons (Fsp3) is 0.364. The standard InChI is InChI=1S/C11H14O4/c1-4-8(13)11-9(14-2)5-7(12)6-10(11)15-3/h5-6,12H,4H2,1-3H3. The van der Waals surface area contributed by atoms with Gasteiger partial charge >= 0.3 is 0 Å². The maximum atomic E-state index is 11.6. The summed E-state index contributed by atoms with van der Waals surface area (Å²) >= 11 is 0. The Kier molecular flexibility index (Phi) is 3.55. The van der Waals surface area contributed by atoms with E-state index >= 15 is 0 Å². The summed E-state index contributed by atoms with van der Waals surface area (Å²) in [7, 11) is 2.89. The fourth-order valence-electron chi connectivity index (χ4n) is 1.35. The summed E-state index contributed by atoms with van der Waals surface area (Å²) < 4.78 is 10.1. The summed E-state index contributed by atoms with van der Waals surface area (Å²) in [5.41, 5.74) is 0.375. The average Bonchev–Trinajstić information content (AvgIpc) is 2.26. The van der Waals surface area contributed by atoms with Gasteiger partial charge in [-0.1, -0.05) is 6.92 Å². The maximum Gasteiger partial charge on any atom is 0.170 e. The number of carbonyl (C=O) groups excluding carboxylic acids is 1. The lowest BCUT2D eigenvalue weighted by Gasteiger charge is -2.11. The van der Waals surface area contributed by atoms with Crippen molar-refractivity contribution in [2.24, 2.45) is 0 Å². The summed E-state index contributed by atoms with van der Waals surface area (Å²) in [5, 5.41) is 9.36. The van der Waals surface area contributed by atoms with Gasteiger partial charge < -0.3 is 14.6 Å². The van der Waals surface area contributed by atoms with Gasteiger partial charge in [0.2, 0.25) is 0 Å². The molecule has 0 radical (unpaired) electrons. The van der Waals surface area contributed by atoms with Gasteiger partial charge in [0.1, 0.15) is 22.8 Å². The Morgan fingerprint density at radius 3 is 2.07 bits per heavy atom. The predicted octanol–water partition coefficient (Wildman–Crippen LogP) is 2.00. The number of benzene rings is 1. The van der Waals surface area contributed by atoms with Gasteiger partial charge in [0.25, 0.3) is 0 Å². The van der Waals surface area contributed by atoms with Crippen LogP contribution < -0.4 is 9.47 Å². The van der Waals surface area contributed by atoms with Crippen LogP contribution in [0.3, 0.4) is 0 Å². The quantitative estimate of drug-likeness (QED) is 0.772. The van der Waals surface area contributed by atoms with E-state index in [1.165, 1.54) is 26.4 Å². The third-order valence-electron chi connectivity index (χ3n) is 2.09. The van der Waals surface area contributed by atoms with Crippen molar-refractivity contribution in [1.82, 2.24) is 0 Å². The molecular weight excluding hydrogens is 196 g/mol. The number of phenols is 1. The Hall–Kier alpha value is -1.71. The SMILES string of the molecule is CCC(=O)c1c(OC)cc(O)cc1OC. The molecule has 4 nitrogen and oxygen atoms in total. The Balaban J connectivity index is 3.36. The second-order valence-electron chi connectivity index (χ2n) is 3.00. The van der Waals surface area contributed by atoms with Crippen LogP contribution in [-0.2, 0) is 0 Å². The molecule has 0 amide bonds. The van der Waals surface area contributed by atoms with Gasteiger partial charge in [-0.05, 0) is 0 Å². The molecule has 4 heteroatoms. The average molecular weight is 210 g/mol. The lowest BCUT2D eigenvalue weighted by molar-refractivity contribution is 0.0982. The molecule has 0 spiro atoms. The van der Waals surface area contributed by atoms with Gasteiger partial charge in [0.15, 0.2) is 5.78 Å². The fourth-order valence-corrected chi connectivity index (χ4v) is 1.35. The molecule has 0 heterocycles. The first-order valence-electron chi connectivity index (χ1n) is 4.62. The summed E-state index contributed by atoms with van der Waals surface area (Å²) in [6.45, 7) is 1.76. The zero-order valence-electron chi connectivity index (χ0n) is 9.03. The Bertz CT molecular complexity index is 346. The van der Waals surface area contributed by atoms with E-state index in [0.29, 0.717) is 23.5 Å². The van der Waals surface area contributed by atoms with E-state index in [0.717, 1.165) is 0 Å². The van der Waals surface area contributed by atoms with Crippen LogP contribution in [0.5, 0.6) is 17.2 Å². The molecule has 0 fully saturated rings. The van der Waals surface area contributed by atoms with E-state index in [-0.39, 0.29) is 11.5 Å². The Labute approximate surface area is 88.4 Å². The summed E-state index contributed by atoms with van der Waals surface area (Å²) in [4.78, 5) is 11.6. The first-order chi connectivity index (χ1) is 7.13. The first kappa shape index (κ1) is 11.4. The number of ketones is 1. The molecule has 0 saturated heterocycles. The minimum atomic E-state index is -0.0799. The van der Waals surface area contributed by atoms with Crippen LogP contribution in [-0.4, -0.2) is 25.1 Å². The molecule has 0 bridgehead atoms. The molecule has 1 aromatic carbocycles. The molecule has 15 heavy (non-hydrogen) atoms. The van der Waals surface area contributed by atoms with Crippen molar-refractivity contribution in [3.63, 3.8) is 0 Å². The van der Waals surface area contributed by atoms with Gasteiger partial charge in [-0.3, -0.25) is 4.79 Å². The van der Waals surface area contributed by atoms with Crippen LogP contribution in [0.25, 0.3) is 0 Å². The molecular formula is C11H14O4. The predicted molar refractivity (Wildman–Crippen MR) is 55.8 cm³/mol. The van der Waals surface area contributed by atoms with Crippen molar-refractivity contribution in [1.29, 1.82) is 0 Å². The Morgan fingerprint density at radius 1 is 1.27 bits per heavy atom. The molecule has 1 N–H and O–H groups in total. The summed E-state index contributed by atoms with van der Waals surface area (Å²) in [6.07, 6.45) is 0.359. The van der Waals surface area contributed by atoms with Gasteiger partial charge in [-0.25, -0.2) is 0 Å². The Morgan fingerprint density at radius 2 is 1.73 bits per heavy atom. The number of ether oxygens (including phenoxy) is 2. The smallest absolute Gasteiger partial charge is 0.170 e. The van der Waals surface area contributed by atoms with Crippen molar-refractivity contribution in [3.05, 3.63) is 17.7 Å². The molecule has 0 unspecified atom stereocenters. The van der Waals surface area contributed by atoms with Gasteiger partial charge in [-0.15, -0.1) is 0 Å². The van der Waals surface area contributed by atoms with Crippen molar-refractivity contribution >= 4 is 5.78 Å². The molecule has 82 valence electrons. The number of rotatable bonds is 4. The third kappa shape index (κ3) is 2.21. The van der Waals surface area contributed by atoms with Crippen LogP contribution in [0.2, 0.25) is 0 Å². The molecule has 0 aromatic heterocycles. The summed E-state index contributed by atoms with van der Waals surface area (Å²) in [6, 6.07) is 2.79. The second kappa shape index (κ2) is 4.68.